The van der Waals surface area contributed by atoms with Crippen LogP contribution in [0, 0.1) is 11.3 Å². The van der Waals surface area contributed by atoms with Crippen LogP contribution in [0.5, 0.6) is 0 Å². The first kappa shape index (κ1) is 12.5. The second-order valence-electron chi connectivity index (χ2n) is 4.45. The Morgan fingerprint density at radius 3 is 2.12 bits per heavy atom. The van der Waals surface area contributed by atoms with Gasteiger partial charge in [-0.25, -0.2) is 4.98 Å². The molecule has 0 saturated heterocycles. The predicted octanol–water partition coefficient (Wildman–Crippen LogP) is 3.27. The molecule has 1 aromatic rings. The van der Waals surface area contributed by atoms with Crippen LogP contribution in [0.25, 0.3) is 0 Å². The van der Waals surface area contributed by atoms with Crippen LogP contribution in [0.1, 0.15) is 37.7 Å². The quantitative estimate of drug-likeness (QED) is 0.683. The molecular weight excluding hydrogens is 217 g/mol. The van der Waals surface area contributed by atoms with Crippen molar-refractivity contribution in [2.45, 2.75) is 32.4 Å². The Morgan fingerprint density at radius 2 is 1.75 bits per heavy atom. The molecule has 0 atom stereocenters. The Hall–Kier alpha value is -1.57. The van der Waals surface area contributed by atoms with Crippen molar-refractivity contribution in [3.63, 3.8) is 0 Å². The highest BCUT2D eigenvalue weighted by Gasteiger charge is 2.34. The Labute approximate surface area is 91.7 Å². The van der Waals surface area contributed by atoms with Gasteiger partial charge in [-0.3, -0.25) is 0 Å². The first-order valence-corrected chi connectivity index (χ1v) is 4.65. The van der Waals surface area contributed by atoms with Crippen molar-refractivity contribution in [3.05, 3.63) is 29.1 Å². The topological polar surface area (TPSA) is 36.7 Å². The van der Waals surface area contributed by atoms with E-state index in [1.807, 2.05) is 6.07 Å². The molecule has 0 bridgehead atoms. The molecule has 5 heteroatoms. The lowest BCUT2D eigenvalue weighted by Gasteiger charge is -2.20. The molecule has 86 valence electrons. The normalized spacial score (nSPS) is 12.3. The van der Waals surface area contributed by atoms with E-state index in [-0.39, 0.29) is 11.3 Å². The van der Waals surface area contributed by atoms with Gasteiger partial charge in [-0.05, 0) is 12.1 Å². The van der Waals surface area contributed by atoms with E-state index >= 15 is 0 Å². The largest absolute Gasteiger partial charge is 0.433 e. The fourth-order valence-corrected chi connectivity index (χ4v) is 1.28. The third-order valence-corrected chi connectivity index (χ3v) is 2.02. The smallest absolute Gasteiger partial charge is 0.246 e. The number of aromatic nitrogens is 1. The van der Waals surface area contributed by atoms with E-state index in [2.05, 4.69) is 4.98 Å². The molecule has 0 fully saturated rings. The standard InChI is InChI=1S/C11H11F3N2/c1-10(2,3)9-7(6-15)4-5-8(16-9)11(12,13)14/h4-5H,1-3H3. The number of hydrogen-bond donors (Lipinski definition) is 0. The first-order valence-electron chi connectivity index (χ1n) is 4.65. The zero-order chi connectivity index (χ0) is 12.6. The van der Waals surface area contributed by atoms with Gasteiger partial charge in [0.15, 0.2) is 0 Å². The second kappa shape index (κ2) is 3.78. The lowest BCUT2D eigenvalue weighted by molar-refractivity contribution is -0.141. The molecule has 0 aliphatic rings. The fraction of sp³-hybridized carbons (Fsp3) is 0.455. The molecule has 1 aromatic heterocycles. The van der Waals surface area contributed by atoms with Crippen LogP contribution in [0.15, 0.2) is 12.1 Å². The van der Waals surface area contributed by atoms with Gasteiger partial charge in [-0.15, -0.1) is 0 Å². The predicted molar refractivity (Wildman–Crippen MR) is 52.7 cm³/mol. The summed E-state index contributed by atoms with van der Waals surface area (Å²) >= 11 is 0. The van der Waals surface area contributed by atoms with E-state index in [1.165, 1.54) is 0 Å². The number of alkyl halides is 3. The van der Waals surface area contributed by atoms with Gasteiger partial charge >= 0.3 is 6.18 Å². The van der Waals surface area contributed by atoms with Crippen molar-refractivity contribution in [2.75, 3.05) is 0 Å². The summed E-state index contributed by atoms with van der Waals surface area (Å²) < 4.78 is 37.3. The van der Waals surface area contributed by atoms with Gasteiger partial charge in [-0.2, -0.15) is 18.4 Å². The summed E-state index contributed by atoms with van der Waals surface area (Å²) in [6.45, 7) is 5.16. The van der Waals surface area contributed by atoms with Crippen molar-refractivity contribution in [2.24, 2.45) is 0 Å². The highest BCUT2D eigenvalue weighted by molar-refractivity contribution is 5.38. The van der Waals surface area contributed by atoms with E-state index in [9.17, 15) is 13.2 Å². The molecule has 2 nitrogen and oxygen atoms in total. The number of halogens is 3. The molecule has 1 rings (SSSR count). The summed E-state index contributed by atoms with van der Waals surface area (Å²) in [5.74, 6) is 0. The molecule has 0 aliphatic heterocycles. The Kier molecular flexibility index (Phi) is 2.95. The van der Waals surface area contributed by atoms with Gasteiger partial charge in [0.25, 0.3) is 0 Å². The summed E-state index contributed by atoms with van der Waals surface area (Å²) in [4.78, 5) is 3.54. The molecule has 0 radical (unpaired) electrons. The van der Waals surface area contributed by atoms with Crippen LogP contribution in [0.4, 0.5) is 13.2 Å². The summed E-state index contributed by atoms with van der Waals surface area (Å²) in [7, 11) is 0. The van der Waals surface area contributed by atoms with E-state index in [1.54, 1.807) is 20.8 Å². The van der Waals surface area contributed by atoms with Crippen molar-refractivity contribution in [1.29, 1.82) is 5.26 Å². The van der Waals surface area contributed by atoms with Gasteiger partial charge in [-0.1, -0.05) is 20.8 Å². The minimum atomic E-state index is -4.48. The number of nitrogens with zero attached hydrogens (tertiary/aromatic N) is 2. The summed E-state index contributed by atoms with van der Waals surface area (Å²) in [5.41, 5.74) is -1.20. The number of pyridine rings is 1. The Morgan fingerprint density at radius 1 is 1.19 bits per heavy atom. The van der Waals surface area contributed by atoms with Gasteiger partial charge in [0.05, 0.1) is 11.3 Å². The monoisotopic (exact) mass is 228 g/mol. The maximum absolute atomic E-state index is 12.4. The third-order valence-electron chi connectivity index (χ3n) is 2.02. The maximum atomic E-state index is 12.4. The molecule has 1 heterocycles. The van der Waals surface area contributed by atoms with Gasteiger partial charge in [0.1, 0.15) is 11.8 Å². The molecule has 0 amide bonds. The van der Waals surface area contributed by atoms with Crippen molar-refractivity contribution in [3.8, 4) is 6.07 Å². The molecule has 0 saturated carbocycles. The van der Waals surface area contributed by atoms with E-state index in [0.29, 0.717) is 0 Å². The minimum absolute atomic E-state index is 0.171. The minimum Gasteiger partial charge on any atom is -0.246 e. The Balaban J connectivity index is 3.41. The molecule has 0 N–H and O–H groups in total. The van der Waals surface area contributed by atoms with Gasteiger partial charge in [0.2, 0.25) is 0 Å². The van der Waals surface area contributed by atoms with Gasteiger partial charge in [0, 0.05) is 5.41 Å². The molecule has 0 spiro atoms. The fourth-order valence-electron chi connectivity index (χ4n) is 1.28. The van der Waals surface area contributed by atoms with Crippen LogP contribution in [0.2, 0.25) is 0 Å². The van der Waals surface area contributed by atoms with Crippen LogP contribution < -0.4 is 0 Å². The van der Waals surface area contributed by atoms with Crippen molar-refractivity contribution < 1.29 is 13.2 Å². The molecule has 0 unspecified atom stereocenters. The lowest BCUT2D eigenvalue weighted by Crippen LogP contribution is -2.19. The zero-order valence-corrected chi connectivity index (χ0v) is 9.18. The average molecular weight is 228 g/mol. The summed E-state index contributed by atoms with van der Waals surface area (Å²) in [5, 5.41) is 8.80. The van der Waals surface area contributed by atoms with E-state index in [0.717, 1.165) is 12.1 Å². The Bertz CT molecular complexity index is 436. The second-order valence-corrected chi connectivity index (χ2v) is 4.45. The maximum Gasteiger partial charge on any atom is 0.433 e. The number of nitriles is 1. The van der Waals surface area contributed by atoms with Crippen LogP contribution >= 0.6 is 0 Å². The highest BCUT2D eigenvalue weighted by Crippen LogP contribution is 2.31. The average Bonchev–Trinajstić information content (AvgIpc) is 2.14. The van der Waals surface area contributed by atoms with Gasteiger partial charge < -0.3 is 0 Å². The van der Waals surface area contributed by atoms with E-state index < -0.39 is 17.3 Å². The number of rotatable bonds is 0. The van der Waals surface area contributed by atoms with Crippen LogP contribution in [0.3, 0.4) is 0 Å². The molecular formula is C11H11F3N2. The van der Waals surface area contributed by atoms with Crippen LogP contribution in [-0.4, -0.2) is 4.98 Å². The molecule has 0 aromatic carbocycles. The van der Waals surface area contributed by atoms with E-state index in [4.69, 9.17) is 5.26 Å². The highest BCUT2D eigenvalue weighted by atomic mass is 19.4. The third kappa shape index (κ3) is 2.51. The molecule has 16 heavy (non-hydrogen) atoms. The molecule has 0 aliphatic carbocycles. The van der Waals surface area contributed by atoms with Crippen LogP contribution in [-0.2, 0) is 11.6 Å². The number of hydrogen-bond acceptors (Lipinski definition) is 2. The van der Waals surface area contributed by atoms with Crippen molar-refractivity contribution >= 4 is 0 Å². The SMILES string of the molecule is CC(C)(C)c1nc(C(F)(F)F)ccc1C#N. The lowest BCUT2D eigenvalue weighted by atomic mass is 9.88. The van der Waals surface area contributed by atoms with Crippen molar-refractivity contribution in [1.82, 2.24) is 4.98 Å². The zero-order valence-electron chi connectivity index (χ0n) is 9.18. The summed E-state index contributed by atoms with van der Waals surface area (Å²) in [6.07, 6.45) is -4.48. The first-order chi connectivity index (χ1) is 7.16. The summed E-state index contributed by atoms with van der Waals surface area (Å²) in [6, 6.07) is 3.84.